The molecule has 0 aliphatic carbocycles. The molecular weight excluding hydrogens is 230 g/mol. The molecule has 0 radical (unpaired) electrons. The van der Waals surface area contributed by atoms with E-state index in [-0.39, 0.29) is 5.91 Å². The zero-order chi connectivity index (χ0) is 12.0. The van der Waals surface area contributed by atoms with Gasteiger partial charge in [0.25, 0.3) is 0 Å². The molecule has 1 rings (SSSR count). The smallest absolute Gasteiger partial charge is 0.327 e. The highest BCUT2D eigenvalue weighted by Crippen LogP contribution is 2.06. The van der Waals surface area contributed by atoms with E-state index < -0.39 is 12.0 Å². The Balaban J connectivity index is 2.32. The molecular formula is C9H13N3O3S. The zero-order valence-electron chi connectivity index (χ0n) is 8.79. The predicted octanol–water partition coefficient (Wildman–Crippen LogP) is 0.163. The molecule has 0 aliphatic rings. The van der Waals surface area contributed by atoms with Crippen LogP contribution < -0.4 is 5.32 Å². The van der Waals surface area contributed by atoms with Gasteiger partial charge in [0.15, 0.2) is 0 Å². The van der Waals surface area contributed by atoms with Gasteiger partial charge in [0, 0.05) is 25.1 Å². The summed E-state index contributed by atoms with van der Waals surface area (Å²) in [6.45, 7) is 1.30. The number of carbonyl (C=O) groups is 2. The molecule has 6 nitrogen and oxygen atoms in total. The normalized spacial score (nSPS) is 12.1. The van der Waals surface area contributed by atoms with Crippen LogP contribution in [0.1, 0.15) is 6.92 Å². The molecule has 0 saturated carbocycles. The lowest BCUT2D eigenvalue weighted by atomic mass is 10.3. The maximum absolute atomic E-state index is 10.8. The molecule has 1 aromatic rings. The minimum absolute atomic E-state index is 0.314. The van der Waals surface area contributed by atoms with E-state index >= 15 is 0 Å². The van der Waals surface area contributed by atoms with E-state index in [2.05, 4.69) is 10.4 Å². The number of hydrogen-bond donors (Lipinski definition) is 2. The SMILES string of the molecule is CC(=O)NC(CSCn1cccn1)C(=O)O. The zero-order valence-corrected chi connectivity index (χ0v) is 9.61. The molecule has 1 unspecified atom stereocenters. The van der Waals surface area contributed by atoms with Crippen LogP contribution in [0.2, 0.25) is 0 Å². The van der Waals surface area contributed by atoms with Crippen LogP contribution in [0.5, 0.6) is 0 Å². The molecule has 1 amide bonds. The Morgan fingerprint density at radius 2 is 2.38 bits per heavy atom. The summed E-state index contributed by atoms with van der Waals surface area (Å²) in [5.74, 6) is -0.485. The average Bonchev–Trinajstić information content (AvgIpc) is 2.68. The third-order valence-corrected chi connectivity index (χ3v) is 2.76. The minimum Gasteiger partial charge on any atom is -0.480 e. The lowest BCUT2D eigenvalue weighted by molar-refractivity contribution is -0.140. The van der Waals surface area contributed by atoms with Crippen molar-refractivity contribution in [2.24, 2.45) is 0 Å². The first-order chi connectivity index (χ1) is 7.59. The first-order valence-electron chi connectivity index (χ1n) is 4.64. The second kappa shape index (κ2) is 6.16. The molecule has 7 heteroatoms. The van der Waals surface area contributed by atoms with Crippen LogP contribution in [0.15, 0.2) is 18.5 Å². The van der Waals surface area contributed by atoms with E-state index in [4.69, 9.17) is 5.11 Å². The molecule has 16 heavy (non-hydrogen) atoms. The summed E-state index contributed by atoms with van der Waals surface area (Å²) in [4.78, 5) is 21.5. The molecule has 88 valence electrons. The van der Waals surface area contributed by atoms with Gasteiger partial charge < -0.3 is 10.4 Å². The van der Waals surface area contributed by atoms with Gasteiger partial charge >= 0.3 is 5.97 Å². The summed E-state index contributed by atoms with van der Waals surface area (Å²) < 4.78 is 1.69. The quantitative estimate of drug-likeness (QED) is 0.743. The van der Waals surface area contributed by atoms with Crippen LogP contribution in [0.3, 0.4) is 0 Å². The fourth-order valence-corrected chi connectivity index (χ4v) is 1.97. The minimum atomic E-state index is -1.02. The predicted molar refractivity (Wildman–Crippen MR) is 59.9 cm³/mol. The van der Waals surface area contributed by atoms with Crippen molar-refractivity contribution in [1.29, 1.82) is 0 Å². The van der Waals surface area contributed by atoms with Crippen LogP contribution in [0.25, 0.3) is 0 Å². The lowest BCUT2D eigenvalue weighted by Gasteiger charge is -2.12. The van der Waals surface area contributed by atoms with Gasteiger partial charge in [0.05, 0.1) is 5.88 Å². The second-order valence-corrected chi connectivity index (χ2v) is 4.14. The Morgan fingerprint density at radius 1 is 1.62 bits per heavy atom. The Bertz CT molecular complexity index is 353. The monoisotopic (exact) mass is 243 g/mol. The number of nitrogens with one attached hydrogen (secondary N) is 1. The van der Waals surface area contributed by atoms with Gasteiger partial charge in [0.1, 0.15) is 6.04 Å². The first kappa shape index (κ1) is 12.6. The lowest BCUT2D eigenvalue weighted by Crippen LogP contribution is -2.41. The molecule has 0 aromatic carbocycles. The Labute approximate surface area is 97.0 Å². The fourth-order valence-electron chi connectivity index (χ4n) is 1.06. The number of carboxylic acids is 1. The number of carbonyl (C=O) groups excluding carboxylic acids is 1. The number of aromatic nitrogens is 2. The topological polar surface area (TPSA) is 84.2 Å². The number of nitrogens with zero attached hydrogens (tertiary/aromatic N) is 2. The Morgan fingerprint density at radius 3 is 2.88 bits per heavy atom. The number of carboxylic acid groups (broad SMARTS) is 1. The highest BCUT2D eigenvalue weighted by Gasteiger charge is 2.17. The van der Waals surface area contributed by atoms with Crippen LogP contribution in [0, 0.1) is 0 Å². The summed E-state index contributed by atoms with van der Waals surface area (Å²) in [5.41, 5.74) is 0. The Kier molecular flexibility index (Phi) is 4.84. The molecule has 0 bridgehead atoms. The Hall–Kier alpha value is -1.50. The average molecular weight is 243 g/mol. The van der Waals surface area contributed by atoms with Crippen LogP contribution >= 0.6 is 11.8 Å². The number of amides is 1. The van der Waals surface area contributed by atoms with Gasteiger partial charge in [-0.3, -0.25) is 9.48 Å². The molecule has 1 aromatic heterocycles. The van der Waals surface area contributed by atoms with Crippen LogP contribution in [-0.4, -0.2) is 38.6 Å². The van der Waals surface area contributed by atoms with Crippen molar-refractivity contribution in [2.45, 2.75) is 18.8 Å². The molecule has 1 atom stereocenters. The number of thioether (sulfide) groups is 1. The van der Waals surface area contributed by atoms with E-state index in [0.717, 1.165) is 0 Å². The van der Waals surface area contributed by atoms with Crippen LogP contribution in [0.4, 0.5) is 0 Å². The summed E-state index contributed by atoms with van der Waals surface area (Å²) in [7, 11) is 0. The number of rotatable bonds is 6. The summed E-state index contributed by atoms with van der Waals surface area (Å²) in [5, 5.41) is 15.2. The van der Waals surface area contributed by atoms with E-state index in [1.165, 1.54) is 18.7 Å². The largest absolute Gasteiger partial charge is 0.480 e. The standard InChI is InChI=1S/C9H13N3O3S/c1-7(13)11-8(9(14)15)5-16-6-12-4-2-3-10-12/h2-4,8H,5-6H2,1H3,(H,11,13)(H,14,15). The van der Waals surface area contributed by atoms with Gasteiger partial charge in [-0.05, 0) is 6.07 Å². The number of hydrogen-bond acceptors (Lipinski definition) is 4. The fraction of sp³-hybridized carbons (Fsp3) is 0.444. The summed E-state index contributed by atoms with van der Waals surface area (Å²) in [6, 6.07) is 0.946. The first-order valence-corrected chi connectivity index (χ1v) is 5.80. The van der Waals surface area contributed by atoms with E-state index in [9.17, 15) is 9.59 Å². The van der Waals surface area contributed by atoms with Gasteiger partial charge in [-0.15, -0.1) is 11.8 Å². The maximum Gasteiger partial charge on any atom is 0.327 e. The third kappa shape index (κ3) is 4.35. The van der Waals surface area contributed by atoms with Crippen molar-refractivity contribution in [2.75, 3.05) is 5.75 Å². The van der Waals surface area contributed by atoms with Crippen molar-refractivity contribution >= 4 is 23.6 Å². The highest BCUT2D eigenvalue weighted by atomic mass is 32.2. The van der Waals surface area contributed by atoms with Crippen molar-refractivity contribution in [3.05, 3.63) is 18.5 Å². The molecule has 0 fully saturated rings. The van der Waals surface area contributed by atoms with Crippen molar-refractivity contribution in [3.63, 3.8) is 0 Å². The van der Waals surface area contributed by atoms with E-state index in [1.54, 1.807) is 23.1 Å². The number of aliphatic carboxylic acids is 1. The molecule has 0 saturated heterocycles. The third-order valence-electron chi connectivity index (χ3n) is 1.74. The molecule has 0 aliphatic heterocycles. The van der Waals surface area contributed by atoms with E-state index in [0.29, 0.717) is 11.6 Å². The van der Waals surface area contributed by atoms with Crippen molar-refractivity contribution in [3.8, 4) is 0 Å². The highest BCUT2D eigenvalue weighted by molar-refractivity contribution is 7.98. The summed E-state index contributed by atoms with van der Waals surface area (Å²) >= 11 is 1.39. The van der Waals surface area contributed by atoms with Crippen molar-refractivity contribution in [1.82, 2.24) is 15.1 Å². The molecule has 2 N–H and O–H groups in total. The molecule has 1 heterocycles. The van der Waals surface area contributed by atoms with E-state index in [1.807, 2.05) is 0 Å². The van der Waals surface area contributed by atoms with Gasteiger partial charge in [-0.2, -0.15) is 5.10 Å². The second-order valence-electron chi connectivity index (χ2n) is 3.14. The molecule has 0 spiro atoms. The summed E-state index contributed by atoms with van der Waals surface area (Å²) in [6.07, 6.45) is 3.45. The van der Waals surface area contributed by atoms with Crippen molar-refractivity contribution < 1.29 is 14.7 Å². The van der Waals surface area contributed by atoms with Gasteiger partial charge in [0.2, 0.25) is 5.91 Å². The van der Waals surface area contributed by atoms with Crippen LogP contribution in [-0.2, 0) is 15.5 Å². The van der Waals surface area contributed by atoms with Gasteiger partial charge in [-0.25, -0.2) is 4.79 Å². The van der Waals surface area contributed by atoms with Gasteiger partial charge in [-0.1, -0.05) is 0 Å². The maximum atomic E-state index is 10.8.